The second-order valence-corrected chi connectivity index (χ2v) is 11.3. The fraction of sp³-hybridized carbons (Fsp3) is 0.200. The third-order valence-electron chi connectivity index (χ3n) is 7.96. The Morgan fingerprint density at radius 2 is 1.80 bits per heavy atom. The lowest BCUT2D eigenvalue weighted by molar-refractivity contribution is 0.235. The van der Waals surface area contributed by atoms with Crippen LogP contribution in [-0.2, 0) is 0 Å². The van der Waals surface area contributed by atoms with E-state index < -0.39 is 5.82 Å². The molecule has 8 nitrogen and oxygen atoms in total. The van der Waals surface area contributed by atoms with Crippen LogP contribution in [0.15, 0.2) is 78.8 Å². The molecule has 5 N–H and O–H groups in total. The molecule has 7 rings (SSSR count). The molecule has 4 atom stereocenters. The zero-order valence-corrected chi connectivity index (χ0v) is 23.1. The molecule has 0 radical (unpaired) electrons. The summed E-state index contributed by atoms with van der Waals surface area (Å²) >= 11 is 12.8. The molecule has 0 spiro atoms. The molecule has 0 amide bonds. The lowest BCUT2D eigenvalue weighted by Crippen LogP contribution is -2.41. The van der Waals surface area contributed by atoms with Gasteiger partial charge in [-0.25, -0.2) is 4.39 Å². The third-order valence-corrected chi connectivity index (χ3v) is 8.54. The molecule has 2 aliphatic heterocycles. The molecular formula is C30H25Cl2FN8. The SMILES string of the molecule is N#Cc1cnc2c(Cl)cc(N[C@H](C3=CN(C4[C@H]5CNC[C@@H]45)NN3)c3ccccc3)cc2c1Nc1ccc(F)c(Cl)c1. The molecular weight excluding hydrogens is 562 g/mol. The van der Waals surface area contributed by atoms with E-state index >= 15 is 0 Å². The van der Waals surface area contributed by atoms with Crippen molar-refractivity contribution in [2.24, 2.45) is 11.8 Å². The van der Waals surface area contributed by atoms with Crippen molar-refractivity contribution in [3.63, 3.8) is 0 Å². The van der Waals surface area contributed by atoms with Crippen LogP contribution in [0.2, 0.25) is 10.0 Å². The topological polar surface area (TPSA) is 100 Å². The van der Waals surface area contributed by atoms with Crippen LogP contribution >= 0.6 is 23.2 Å². The van der Waals surface area contributed by atoms with E-state index in [4.69, 9.17) is 23.2 Å². The number of nitrogens with zero attached hydrogens (tertiary/aromatic N) is 3. The van der Waals surface area contributed by atoms with Gasteiger partial charge in [0, 0.05) is 42.2 Å². The van der Waals surface area contributed by atoms with Crippen molar-refractivity contribution >= 4 is 51.2 Å². The summed E-state index contributed by atoms with van der Waals surface area (Å²) in [7, 11) is 0. The number of rotatable bonds is 7. The van der Waals surface area contributed by atoms with Gasteiger partial charge in [-0.2, -0.15) is 5.26 Å². The number of hydrogen-bond acceptors (Lipinski definition) is 8. The predicted molar refractivity (Wildman–Crippen MR) is 159 cm³/mol. The van der Waals surface area contributed by atoms with Crippen LogP contribution in [0.1, 0.15) is 17.2 Å². The number of halogens is 3. The van der Waals surface area contributed by atoms with Gasteiger partial charge in [0.25, 0.3) is 0 Å². The Hall–Kier alpha value is -4.07. The van der Waals surface area contributed by atoms with Crippen molar-refractivity contribution in [2.75, 3.05) is 23.7 Å². The lowest BCUT2D eigenvalue weighted by Gasteiger charge is -2.22. The fourth-order valence-electron chi connectivity index (χ4n) is 5.88. The summed E-state index contributed by atoms with van der Waals surface area (Å²) in [4.78, 5) is 4.45. The number of pyridine rings is 1. The van der Waals surface area contributed by atoms with Gasteiger partial charge in [0.05, 0.1) is 44.6 Å². The summed E-state index contributed by atoms with van der Waals surface area (Å²) < 4.78 is 13.8. The zero-order chi connectivity index (χ0) is 28.1. The van der Waals surface area contributed by atoms with Gasteiger partial charge in [-0.15, -0.1) is 5.53 Å². The standard InChI is InChI=1S/C30H25Cl2FN8/c31-23-9-18(6-7-25(23)33)37-27-17(11-34)12-36-29-20(27)8-19(10-24(29)32)38-28(16-4-2-1-3-5-16)26-15-41(40-39-26)30-21-13-35-14-22(21)30/h1-10,12,15,21-22,28,30,35,38-40H,13-14H2,(H,36,37)/t21-,22+,28-,30?/m0/s1. The number of fused-ring (bicyclic) bond motifs is 2. The quantitative estimate of drug-likeness (QED) is 0.184. The summed E-state index contributed by atoms with van der Waals surface area (Å²) in [6.45, 7) is 2.09. The second kappa shape index (κ2) is 10.4. The van der Waals surface area contributed by atoms with Crippen LogP contribution in [0.5, 0.6) is 0 Å². The molecule has 3 heterocycles. The molecule has 1 unspecified atom stereocenters. The van der Waals surface area contributed by atoms with E-state index in [0.717, 1.165) is 30.0 Å². The molecule has 0 bridgehead atoms. The van der Waals surface area contributed by atoms with Crippen molar-refractivity contribution in [1.82, 2.24) is 26.3 Å². The lowest BCUT2D eigenvalue weighted by atomic mass is 10.0. The molecule has 1 saturated carbocycles. The number of piperidine rings is 1. The van der Waals surface area contributed by atoms with E-state index in [1.807, 2.05) is 30.3 Å². The van der Waals surface area contributed by atoms with Crippen molar-refractivity contribution < 1.29 is 4.39 Å². The van der Waals surface area contributed by atoms with Gasteiger partial charge in [0.15, 0.2) is 0 Å². The summed E-state index contributed by atoms with van der Waals surface area (Å²) in [6, 6.07) is 20.6. The molecule has 1 saturated heterocycles. The molecule has 1 aliphatic carbocycles. The van der Waals surface area contributed by atoms with E-state index in [2.05, 4.69) is 61.3 Å². The Morgan fingerprint density at radius 3 is 2.56 bits per heavy atom. The van der Waals surface area contributed by atoms with Crippen LogP contribution < -0.4 is 26.9 Å². The van der Waals surface area contributed by atoms with E-state index in [-0.39, 0.29) is 11.1 Å². The second-order valence-electron chi connectivity index (χ2n) is 10.5. The number of hydrogen-bond donors (Lipinski definition) is 5. The number of anilines is 3. The predicted octanol–water partition coefficient (Wildman–Crippen LogP) is 5.83. The van der Waals surface area contributed by atoms with Crippen molar-refractivity contribution in [2.45, 2.75) is 12.1 Å². The van der Waals surface area contributed by atoms with Gasteiger partial charge in [-0.3, -0.25) is 9.99 Å². The molecule has 3 aromatic carbocycles. The molecule has 41 heavy (non-hydrogen) atoms. The van der Waals surface area contributed by atoms with Gasteiger partial charge in [-0.05, 0) is 47.7 Å². The van der Waals surface area contributed by atoms with Crippen molar-refractivity contribution in [3.8, 4) is 6.07 Å². The highest BCUT2D eigenvalue weighted by Crippen LogP contribution is 2.46. The first-order valence-electron chi connectivity index (χ1n) is 13.3. The maximum atomic E-state index is 13.8. The first-order chi connectivity index (χ1) is 20.0. The molecule has 2 fully saturated rings. The average molecular weight is 587 g/mol. The third kappa shape index (κ3) is 4.79. The highest BCUT2D eigenvalue weighted by Gasteiger charge is 2.56. The van der Waals surface area contributed by atoms with Crippen LogP contribution in [0, 0.1) is 29.0 Å². The van der Waals surface area contributed by atoms with Crippen molar-refractivity contribution in [1.29, 1.82) is 5.26 Å². The Bertz CT molecular complexity index is 1710. The fourth-order valence-corrected chi connectivity index (χ4v) is 6.33. The summed E-state index contributed by atoms with van der Waals surface area (Å²) in [5, 5.41) is 23.4. The van der Waals surface area contributed by atoms with Gasteiger partial charge >= 0.3 is 0 Å². The minimum absolute atomic E-state index is 0.0240. The van der Waals surface area contributed by atoms with Gasteiger partial charge < -0.3 is 21.4 Å². The van der Waals surface area contributed by atoms with Crippen LogP contribution in [0.4, 0.5) is 21.5 Å². The van der Waals surface area contributed by atoms with Gasteiger partial charge in [0.1, 0.15) is 11.9 Å². The molecule has 1 aromatic heterocycles. The smallest absolute Gasteiger partial charge is 0.141 e. The maximum Gasteiger partial charge on any atom is 0.141 e. The summed E-state index contributed by atoms with van der Waals surface area (Å²) in [5.41, 5.74) is 11.4. The van der Waals surface area contributed by atoms with E-state index in [0.29, 0.717) is 50.7 Å². The van der Waals surface area contributed by atoms with Crippen LogP contribution in [0.3, 0.4) is 0 Å². The Labute approximate surface area is 246 Å². The number of nitriles is 1. The minimum atomic E-state index is -0.525. The maximum absolute atomic E-state index is 13.8. The van der Waals surface area contributed by atoms with E-state index in [1.54, 1.807) is 6.07 Å². The molecule has 206 valence electrons. The normalized spacial score (nSPS) is 21.6. The van der Waals surface area contributed by atoms with Crippen LogP contribution in [0.25, 0.3) is 10.9 Å². The van der Waals surface area contributed by atoms with E-state index in [9.17, 15) is 9.65 Å². The highest BCUT2D eigenvalue weighted by atomic mass is 35.5. The Balaban J connectivity index is 1.26. The first kappa shape index (κ1) is 25.9. The van der Waals surface area contributed by atoms with Crippen LogP contribution in [-0.4, -0.2) is 29.1 Å². The van der Waals surface area contributed by atoms with Gasteiger partial charge in [0.2, 0.25) is 0 Å². The number of benzene rings is 3. The van der Waals surface area contributed by atoms with Gasteiger partial charge in [-0.1, -0.05) is 53.5 Å². The zero-order valence-electron chi connectivity index (χ0n) is 21.6. The largest absolute Gasteiger partial charge is 0.373 e. The minimum Gasteiger partial charge on any atom is -0.373 e. The average Bonchev–Trinajstić information content (AvgIpc) is 3.31. The van der Waals surface area contributed by atoms with Crippen molar-refractivity contribution in [3.05, 3.63) is 106 Å². The summed E-state index contributed by atoms with van der Waals surface area (Å²) in [6.07, 6.45) is 3.61. The monoisotopic (exact) mass is 586 g/mol. The summed E-state index contributed by atoms with van der Waals surface area (Å²) in [5.74, 6) is 0.792. The molecule has 3 aliphatic rings. The number of aromatic nitrogens is 1. The number of nitrogens with one attached hydrogen (secondary N) is 5. The van der Waals surface area contributed by atoms with E-state index in [1.165, 1.54) is 18.3 Å². The Morgan fingerprint density at radius 1 is 1.02 bits per heavy atom. The Kier molecular flexibility index (Phi) is 6.56. The highest BCUT2D eigenvalue weighted by molar-refractivity contribution is 6.36. The first-order valence-corrected chi connectivity index (χ1v) is 14.0. The molecule has 11 heteroatoms. The molecule has 4 aromatic rings. The number of hydrazine groups is 2.